The normalized spacial score (nSPS) is 29.8. The maximum absolute atomic E-state index is 12.8. The van der Waals surface area contributed by atoms with Gasteiger partial charge in [0.2, 0.25) is 5.91 Å². The number of piperidine rings is 1. The van der Waals surface area contributed by atoms with Gasteiger partial charge in [0.15, 0.2) is 5.78 Å². The van der Waals surface area contributed by atoms with Crippen LogP contribution in [0.1, 0.15) is 48.9 Å². The van der Waals surface area contributed by atoms with Crippen molar-refractivity contribution in [3.8, 4) is 5.75 Å². The SMILES string of the molecule is O=C(c1ccc(O)cc1)C1CCN(C(=O)C2CC3CCC2C3)CC1. The fourth-order valence-corrected chi connectivity index (χ4v) is 5.01. The number of rotatable bonds is 3. The van der Waals surface area contributed by atoms with E-state index in [2.05, 4.69) is 0 Å². The van der Waals surface area contributed by atoms with E-state index in [9.17, 15) is 14.7 Å². The molecule has 2 bridgehead atoms. The Labute approximate surface area is 142 Å². The van der Waals surface area contributed by atoms with Gasteiger partial charge in [0, 0.05) is 30.5 Å². The zero-order valence-corrected chi connectivity index (χ0v) is 14.0. The molecule has 0 aromatic heterocycles. The van der Waals surface area contributed by atoms with Crippen LogP contribution in [0.25, 0.3) is 0 Å². The molecule has 0 spiro atoms. The number of benzene rings is 1. The minimum atomic E-state index is -0.00128. The van der Waals surface area contributed by atoms with Crippen molar-refractivity contribution >= 4 is 11.7 Å². The largest absolute Gasteiger partial charge is 0.508 e. The fourth-order valence-electron chi connectivity index (χ4n) is 5.01. The topological polar surface area (TPSA) is 57.6 Å². The molecule has 1 heterocycles. The number of Topliss-reactive ketones (excluding diaryl/α,β-unsaturated/α-hetero) is 1. The number of fused-ring (bicyclic) bond motifs is 2. The quantitative estimate of drug-likeness (QED) is 0.867. The van der Waals surface area contributed by atoms with Crippen LogP contribution in [0.15, 0.2) is 24.3 Å². The van der Waals surface area contributed by atoms with Gasteiger partial charge in [-0.25, -0.2) is 0 Å². The van der Waals surface area contributed by atoms with E-state index in [1.807, 2.05) is 4.90 Å². The zero-order chi connectivity index (χ0) is 16.7. The highest BCUT2D eigenvalue weighted by molar-refractivity contribution is 5.98. The highest BCUT2D eigenvalue weighted by atomic mass is 16.3. The van der Waals surface area contributed by atoms with Crippen LogP contribution in [-0.2, 0) is 4.79 Å². The maximum atomic E-state index is 12.8. The van der Waals surface area contributed by atoms with E-state index >= 15 is 0 Å². The molecule has 3 atom stereocenters. The molecule has 1 aromatic carbocycles. The number of hydrogen-bond donors (Lipinski definition) is 1. The second-order valence-electron chi connectivity index (χ2n) is 7.79. The molecule has 1 N–H and O–H groups in total. The van der Waals surface area contributed by atoms with Crippen molar-refractivity contribution < 1.29 is 14.7 Å². The predicted octanol–water partition coefficient (Wildman–Crippen LogP) is 3.25. The van der Waals surface area contributed by atoms with Gasteiger partial charge in [-0.2, -0.15) is 0 Å². The summed E-state index contributed by atoms with van der Waals surface area (Å²) in [4.78, 5) is 27.4. The van der Waals surface area contributed by atoms with Crippen LogP contribution >= 0.6 is 0 Å². The zero-order valence-electron chi connectivity index (χ0n) is 14.0. The minimum absolute atomic E-state index is 0.00128. The minimum Gasteiger partial charge on any atom is -0.508 e. The van der Waals surface area contributed by atoms with E-state index in [1.165, 1.54) is 19.3 Å². The van der Waals surface area contributed by atoms with Crippen molar-refractivity contribution in [3.63, 3.8) is 0 Å². The van der Waals surface area contributed by atoms with Gasteiger partial charge in [-0.05, 0) is 68.2 Å². The molecule has 1 aromatic rings. The molecular weight excluding hydrogens is 302 g/mol. The van der Waals surface area contributed by atoms with Crippen molar-refractivity contribution in [1.29, 1.82) is 0 Å². The lowest BCUT2D eigenvalue weighted by Crippen LogP contribution is -2.44. The summed E-state index contributed by atoms with van der Waals surface area (Å²) in [7, 11) is 0. The Morgan fingerprint density at radius 1 is 0.958 bits per heavy atom. The van der Waals surface area contributed by atoms with Crippen LogP contribution < -0.4 is 0 Å². The lowest BCUT2D eigenvalue weighted by atomic mass is 9.85. The van der Waals surface area contributed by atoms with Crippen molar-refractivity contribution in [2.24, 2.45) is 23.7 Å². The first-order valence-electron chi connectivity index (χ1n) is 9.24. The fraction of sp³-hybridized carbons (Fsp3) is 0.600. The Morgan fingerprint density at radius 3 is 2.25 bits per heavy atom. The molecule has 2 aliphatic carbocycles. The van der Waals surface area contributed by atoms with Crippen molar-refractivity contribution in [2.45, 2.75) is 38.5 Å². The third-order valence-corrected chi connectivity index (χ3v) is 6.38. The average Bonchev–Trinajstić information content (AvgIpc) is 3.25. The van der Waals surface area contributed by atoms with Crippen LogP contribution in [0.2, 0.25) is 0 Å². The summed E-state index contributed by atoms with van der Waals surface area (Å²) in [5, 5.41) is 9.34. The van der Waals surface area contributed by atoms with Gasteiger partial charge < -0.3 is 10.0 Å². The Hall–Kier alpha value is -1.84. The molecule has 1 aliphatic heterocycles. The summed E-state index contributed by atoms with van der Waals surface area (Å²) >= 11 is 0. The second-order valence-corrected chi connectivity index (χ2v) is 7.79. The molecule has 4 heteroatoms. The highest BCUT2D eigenvalue weighted by Crippen LogP contribution is 2.49. The molecule has 24 heavy (non-hydrogen) atoms. The Bertz CT molecular complexity index is 631. The Balaban J connectivity index is 1.34. The van der Waals surface area contributed by atoms with Gasteiger partial charge in [-0.15, -0.1) is 0 Å². The summed E-state index contributed by atoms with van der Waals surface area (Å²) in [6, 6.07) is 6.48. The van der Waals surface area contributed by atoms with E-state index < -0.39 is 0 Å². The monoisotopic (exact) mass is 327 g/mol. The average molecular weight is 327 g/mol. The number of likely N-dealkylation sites (tertiary alicyclic amines) is 1. The number of hydrogen-bond acceptors (Lipinski definition) is 3. The molecule has 1 saturated heterocycles. The molecule has 0 radical (unpaired) electrons. The Morgan fingerprint density at radius 2 is 1.67 bits per heavy atom. The van der Waals surface area contributed by atoms with E-state index in [1.54, 1.807) is 24.3 Å². The molecule has 3 fully saturated rings. The summed E-state index contributed by atoms with van der Waals surface area (Å²) in [6.07, 6.45) is 6.41. The second kappa shape index (κ2) is 6.23. The first-order valence-corrected chi connectivity index (χ1v) is 9.24. The number of nitrogens with zero attached hydrogens (tertiary/aromatic N) is 1. The predicted molar refractivity (Wildman–Crippen MR) is 90.7 cm³/mol. The number of ketones is 1. The van der Waals surface area contributed by atoms with E-state index in [-0.39, 0.29) is 23.4 Å². The molecule has 3 unspecified atom stereocenters. The van der Waals surface area contributed by atoms with Crippen LogP contribution in [0.4, 0.5) is 0 Å². The number of amides is 1. The number of carbonyl (C=O) groups is 2. The van der Waals surface area contributed by atoms with Crippen LogP contribution in [-0.4, -0.2) is 34.8 Å². The van der Waals surface area contributed by atoms with E-state index in [4.69, 9.17) is 0 Å². The van der Waals surface area contributed by atoms with Crippen LogP contribution in [0.5, 0.6) is 5.75 Å². The summed E-state index contributed by atoms with van der Waals surface area (Å²) in [5.74, 6) is 2.33. The first kappa shape index (κ1) is 15.7. The third-order valence-electron chi connectivity index (χ3n) is 6.38. The van der Waals surface area contributed by atoms with Gasteiger partial charge in [0.25, 0.3) is 0 Å². The molecule has 1 amide bonds. The number of carbonyl (C=O) groups excluding carboxylic acids is 2. The molecule has 4 rings (SSSR count). The number of phenols is 1. The van der Waals surface area contributed by atoms with E-state index in [0.29, 0.717) is 30.5 Å². The van der Waals surface area contributed by atoms with Gasteiger partial charge >= 0.3 is 0 Å². The summed E-state index contributed by atoms with van der Waals surface area (Å²) < 4.78 is 0. The van der Waals surface area contributed by atoms with Gasteiger partial charge in [0.05, 0.1) is 0 Å². The van der Waals surface area contributed by atoms with Gasteiger partial charge in [-0.1, -0.05) is 6.42 Å². The first-order chi connectivity index (χ1) is 11.6. The highest BCUT2D eigenvalue weighted by Gasteiger charge is 2.44. The van der Waals surface area contributed by atoms with Crippen molar-refractivity contribution in [3.05, 3.63) is 29.8 Å². The summed E-state index contributed by atoms with van der Waals surface area (Å²) in [6.45, 7) is 1.42. The van der Waals surface area contributed by atoms with Crippen LogP contribution in [0.3, 0.4) is 0 Å². The third kappa shape index (κ3) is 2.83. The van der Waals surface area contributed by atoms with Gasteiger partial charge in [0.1, 0.15) is 5.75 Å². The lowest BCUT2D eigenvalue weighted by molar-refractivity contribution is -0.138. The van der Waals surface area contributed by atoms with Gasteiger partial charge in [-0.3, -0.25) is 9.59 Å². The smallest absolute Gasteiger partial charge is 0.225 e. The van der Waals surface area contributed by atoms with Crippen LogP contribution in [0, 0.1) is 23.7 Å². The molecular formula is C20H25NO3. The van der Waals surface area contributed by atoms with E-state index in [0.717, 1.165) is 25.2 Å². The number of aromatic hydroxyl groups is 1. The van der Waals surface area contributed by atoms with Crippen molar-refractivity contribution in [1.82, 2.24) is 4.90 Å². The molecule has 4 nitrogen and oxygen atoms in total. The maximum Gasteiger partial charge on any atom is 0.225 e. The standard InChI is InChI=1S/C20H25NO3/c22-17-5-3-14(4-6-17)19(23)15-7-9-21(10-8-15)20(24)18-12-13-1-2-16(18)11-13/h3-6,13,15-16,18,22H,1-2,7-12H2. The molecule has 128 valence electrons. The molecule has 2 saturated carbocycles. The molecule has 3 aliphatic rings. The van der Waals surface area contributed by atoms with Crippen molar-refractivity contribution in [2.75, 3.05) is 13.1 Å². The lowest BCUT2D eigenvalue weighted by Gasteiger charge is -2.35. The summed E-state index contributed by atoms with van der Waals surface area (Å²) in [5.41, 5.74) is 0.658. The number of phenolic OH excluding ortho intramolecular Hbond substituents is 1. The Kier molecular flexibility index (Phi) is 4.07.